The van der Waals surface area contributed by atoms with Crippen molar-refractivity contribution in [1.82, 2.24) is 4.90 Å². The quantitative estimate of drug-likeness (QED) is 0.797. The number of hydrogen-bond donors (Lipinski definition) is 1. The Morgan fingerprint density at radius 2 is 2.44 bits per heavy atom. The fraction of sp³-hybridized carbons (Fsp3) is 0.417. The fourth-order valence-corrected chi connectivity index (χ4v) is 2.48. The van der Waals surface area contributed by atoms with E-state index < -0.39 is 6.04 Å². The Morgan fingerprint density at radius 3 is 3.00 bits per heavy atom. The van der Waals surface area contributed by atoms with Crippen LogP contribution in [0.25, 0.3) is 0 Å². The van der Waals surface area contributed by atoms with Crippen molar-refractivity contribution < 1.29 is 4.79 Å². The van der Waals surface area contributed by atoms with E-state index in [0.29, 0.717) is 6.54 Å². The maximum atomic E-state index is 12.1. The van der Waals surface area contributed by atoms with E-state index in [-0.39, 0.29) is 5.91 Å². The molecule has 1 atom stereocenters. The summed E-state index contributed by atoms with van der Waals surface area (Å²) in [4.78, 5) is 14.9. The molecule has 0 saturated carbocycles. The highest BCUT2D eigenvalue weighted by atomic mass is 32.1. The zero-order chi connectivity index (χ0) is 11.5. The first-order valence-corrected chi connectivity index (χ1v) is 6.30. The van der Waals surface area contributed by atoms with Gasteiger partial charge in [-0.1, -0.05) is 17.7 Å². The van der Waals surface area contributed by atoms with Gasteiger partial charge in [0.25, 0.3) is 0 Å². The lowest BCUT2D eigenvalue weighted by Crippen LogP contribution is -2.40. The van der Waals surface area contributed by atoms with E-state index in [1.807, 2.05) is 22.4 Å². The van der Waals surface area contributed by atoms with Crippen molar-refractivity contribution in [2.45, 2.75) is 19.4 Å². The number of nitrogens with zero attached hydrogens (tertiary/aromatic N) is 1. The lowest BCUT2D eigenvalue weighted by atomic mass is 10.1. The van der Waals surface area contributed by atoms with Crippen molar-refractivity contribution in [3.8, 4) is 0 Å². The number of carbonyl (C=O) groups excluding carboxylic acids is 1. The second-order valence-electron chi connectivity index (χ2n) is 4.08. The second-order valence-corrected chi connectivity index (χ2v) is 5.06. The molecule has 3 nitrogen and oxygen atoms in total. The molecule has 2 N–H and O–H groups in total. The van der Waals surface area contributed by atoms with Gasteiger partial charge < -0.3 is 10.6 Å². The van der Waals surface area contributed by atoms with Crippen LogP contribution in [0.3, 0.4) is 0 Å². The van der Waals surface area contributed by atoms with Crippen LogP contribution in [0.4, 0.5) is 0 Å². The molecule has 2 rings (SSSR count). The normalized spacial score (nSPS) is 18.1. The van der Waals surface area contributed by atoms with Gasteiger partial charge in [0.05, 0.1) is 0 Å². The Morgan fingerprint density at radius 1 is 1.62 bits per heavy atom. The summed E-state index contributed by atoms with van der Waals surface area (Å²) in [6, 6.07) is 3.35. The van der Waals surface area contributed by atoms with E-state index in [1.54, 1.807) is 0 Å². The maximum absolute atomic E-state index is 12.1. The molecule has 0 bridgehead atoms. The monoisotopic (exact) mass is 236 g/mol. The first-order valence-electron chi connectivity index (χ1n) is 5.42. The van der Waals surface area contributed by atoms with Gasteiger partial charge >= 0.3 is 0 Å². The molecule has 1 aliphatic heterocycles. The van der Waals surface area contributed by atoms with Crippen LogP contribution in [0.1, 0.15) is 24.3 Å². The summed E-state index contributed by atoms with van der Waals surface area (Å²) in [7, 11) is 0. The molecule has 0 spiro atoms. The molecular formula is C12H16N2OS. The Hall–Kier alpha value is -1.13. The van der Waals surface area contributed by atoms with Crippen LogP contribution in [0, 0.1) is 0 Å². The van der Waals surface area contributed by atoms with E-state index in [2.05, 4.69) is 13.0 Å². The molecule has 2 heterocycles. The maximum Gasteiger partial charge on any atom is 0.245 e. The van der Waals surface area contributed by atoms with Gasteiger partial charge in [0.2, 0.25) is 5.91 Å². The molecule has 1 amide bonds. The molecule has 1 aromatic heterocycles. The highest BCUT2D eigenvalue weighted by molar-refractivity contribution is 7.10. The summed E-state index contributed by atoms with van der Waals surface area (Å²) >= 11 is 1.54. The van der Waals surface area contributed by atoms with Crippen LogP contribution < -0.4 is 5.73 Å². The number of rotatable bonds is 2. The minimum Gasteiger partial charge on any atom is -0.337 e. The standard InChI is InChI=1S/C12H16N2OS/c1-9-4-6-14(7-5-9)12(15)11(13)10-3-2-8-16-10/h2-4,8,11H,5-7,13H2,1H3. The molecular weight excluding hydrogens is 220 g/mol. The largest absolute Gasteiger partial charge is 0.337 e. The number of thiophene rings is 1. The molecule has 0 radical (unpaired) electrons. The third-order valence-electron chi connectivity index (χ3n) is 2.86. The van der Waals surface area contributed by atoms with Gasteiger partial charge in [-0.25, -0.2) is 0 Å². The molecule has 0 fully saturated rings. The molecule has 0 saturated heterocycles. The summed E-state index contributed by atoms with van der Waals surface area (Å²) in [6.07, 6.45) is 3.06. The van der Waals surface area contributed by atoms with E-state index in [4.69, 9.17) is 5.73 Å². The van der Waals surface area contributed by atoms with Gasteiger partial charge in [-0.05, 0) is 24.8 Å². The van der Waals surface area contributed by atoms with Crippen molar-refractivity contribution in [1.29, 1.82) is 0 Å². The SMILES string of the molecule is CC1=CCN(C(=O)C(N)c2cccs2)CC1. The van der Waals surface area contributed by atoms with Crippen molar-refractivity contribution in [3.63, 3.8) is 0 Å². The van der Waals surface area contributed by atoms with Crippen LogP contribution in [-0.2, 0) is 4.79 Å². The van der Waals surface area contributed by atoms with Crippen molar-refractivity contribution >= 4 is 17.2 Å². The number of hydrogen-bond acceptors (Lipinski definition) is 3. The zero-order valence-electron chi connectivity index (χ0n) is 9.35. The Kier molecular flexibility index (Phi) is 3.41. The summed E-state index contributed by atoms with van der Waals surface area (Å²) < 4.78 is 0. The smallest absolute Gasteiger partial charge is 0.245 e. The zero-order valence-corrected chi connectivity index (χ0v) is 10.2. The lowest BCUT2D eigenvalue weighted by molar-refractivity contribution is -0.132. The van der Waals surface area contributed by atoms with Gasteiger partial charge in [0.15, 0.2) is 0 Å². The molecule has 0 aliphatic carbocycles. The van der Waals surface area contributed by atoms with Crippen LogP contribution in [-0.4, -0.2) is 23.9 Å². The molecule has 1 aliphatic rings. The van der Waals surface area contributed by atoms with E-state index >= 15 is 0 Å². The van der Waals surface area contributed by atoms with E-state index in [9.17, 15) is 4.79 Å². The summed E-state index contributed by atoms with van der Waals surface area (Å²) in [6.45, 7) is 3.59. The molecule has 86 valence electrons. The van der Waals surface area contributed by atoms with E-state index in [1.165, 1.54) is 16.9 Å². The highest BCUT2D eigenvalue weighted by Crippen LogP contribution is 2.20. The number of carbonyl (C=O) groups is 1. The molecule has 0 aromatic carbocycles. The third-order valence-corrected chi connectivity index (χ3v) is 3.82. The van der Waals surface area contributed by atoms with Crippen LogP contribution >= 0.6 is 11.3 Å². The Bertz CT molecular complexity index is 397. The predicted molar refractivity (Wildman–Crippen MR) is 66.2 cm³/mol. The van der Waals surface area contributed by atoms with Gasteiger partial charge in [-0.15, -0.1) is 11.3 Å². The first kappa shape index (κ1) is 11.4. The minimum absolute atomic E-state index is 0.0335. The van der Waals surface area contributed by atoms with Crippen LogP contribution in [0.5, 0.6) is 0 Å². The van der Waals surface area contributed by atoms with Gasteiger partial charge in [0.1, 0.15) is 6.04 Å². The Labute approximate surface area is 99.6 Å². The second kappa shape index (κ2) is 4.80. The van der Waals surface area contributed by atoms with Gasteiger partial charge in [-0.2, -0.15) is 0 Å². The molecule has 16 heavy (non-hydrogen) atoms. The summed E-state index contributed by atoms with van der Waals surface area (Å²) in [5.74, 6) is 0.0335. The van der Waals surface area contributed by atoms with Crippen LogP contribution in [0.15, 0.2) is 29.2 Å². The number of nitrogens with two attached hydrogens (primary N) is 1. The van der Waals surface area contributed by atoms with E-state index in [0.717, 1.165) is 17.8 Å². The molecule has 4 heteroatoms. The van der Waals surface area contributed by atoms with Crippen LogP contribution in [0.2, 0.25) is 0 Å². The first-order chi connectivity index (χ1) is 7.68. The molecule has 1 aromatic rings. The Balaban J connectivity index is 2.03. The predicted octanol–water partition coefficient (Wildman–Crippen LogP) is 1.93. The average molecular weight is 236 g/mol. The fourth-order valence-electron chi connectivity index (χ4n) is 1.76. The van der Waals surface area contributed by atoms with Gasteiger partial charge in [-0.3, -0.25) is 4.79 Å². The highest BCUT2D eigenvalue weighted by Gasteiger charge is 2.23. The molecule has 1 unspecified atom stereocenters. The summed E-state index contributed by atoms with van der Waals surface area (Å²) in [5.41, 5.74) is 7.30. The van der Waals surface area contributed by atoms with Crippen molar-refractivity contribution in [3.05, 3.63) is 34.0 Å². The third kappa shape index (κ3) is 2.33. The average Bonchev–Trinajstić information content (AvgIpc) is 2.81. The topological polar surface area (TPSA) is 46.3 Å². The van der Waals surface area contributed by atoms with Crippen molar-refractivity contribution in [2.75, 3.05) is 13.1 Å². The lowest BCUT2D eigenvalue weighted by Gasteiger charge is -2.27. The minimum atomic E-state index is -0.494. The number of amides is 1. The van der Waals surface area contributed by atoms with Gasteiger partial charge in [0, 0.05) is 18.0 Å². The van der Waals surface area contributed by atoms with Crippen molar-refractivity contribution in [2.24, 2.45) is 5.73 Å². The summed E-state index contributed by atoms with van der Waals surface area (Å²) in [5, 5.41) is 1.95.